The molecule has 5 nitrogen and oxygen atoms in total. The molecular formula is C19H13N5. The minimum Gasteiger partial charge on any atom is -0.268 e. The van der Waals surface area contributed by atoms with Gasteiger partial charge in [-0.05, 0) is 23.8 Å². The molecule has 114 valence electrons. The van der Waals surface area contributed by atoms with Gasteiger partial charge >= 0.3 is 0 Å². The van der Waals surface area contributed by atoms with Crippen molar-refractivity contribution in [2.45, 2.75) is 6.54 Å². The monoisotopic (exact) mass is 311 g/mol. The van der Waals surface area contributed by atoms with Gasteiger partial charge in [0.05, 0.1) is 24.0 Å². The van der Waals surface area contributed by atoms with Crippen LogP contribution >= 0.6 is 0 Å². The van der Waals surface area contributed by atoms with Crippen LogP contribution in [-0.2, 0) is 6.54 Å². The summed E-state index contributed by atoms with van der Waals surface area (Å²) in [6, 6.07) is 17.9. The van der Waals surface area contributed by atoms with Crippen molar-refractivity contribution in [2.24, 2.45) is 0 Å². The first-order valence-corrected chi connectivity index (χ1v) is 7.56. The topological polar surface area (TPSA) is 67.4 Å². The second-order valence-corrected chi connectivity index (χ2v) is 5.46. The highest BCUT2D eigenvalue weighted by molar-refractivity contribution is 5.81. The maximum atomic E-state index is 9.44. The molecule has 1 aromatic carbocycles. The molecule has 3 aromatic heterocycles. The van der Waals surface area contributed by atoms with E-state index in [0.29, 0.717) is 23.4 Å². The highest BCUT2D eigenvalue weighted by Gasteiger charge is 2.12. The Morgan fingerprint density at radius 1 is 1.08 bits per heavy atom. The highest BCUT2D eigenvalue weighted by atomic mass is 15.3. The zero-order chi connectivity index (χ0) is 16.4. The molecule has 0 amide bonds. The van der Waals surface area contributed by atoms with Gasteiger partial charge in [-0.15, -0.1) is 0 Å². The Bertz CT molecular complexity index is 1040. The summed E-state index contributed by atoms with van der Waals surface area (Å²) >= 11 is 0. The molecule has 5 heteroatoms. The third kappa shape index (κ3) is 2.61. The molecule has 4 aromatic rings. The molecule has 0 saturated heterocycles. The van der Waals surface area contributed by atoms with Gasteiger partial charge in [0.15, 0.2) is 5.65 Å². The maximum absolute atomic E-state index is 9.44. The number of pyridine rings is 2. The molecule has 0 bridgehead atoms. The maximum Gasteiger partial charge on any atom is 0.159 e. The standard InChI is InChI=1S/C19H13N5/c20-10-16-9-15-7-4-8-21-19(15)23-18(16)17-11-22-24(13-17)12-14-5-2-1-3-6-14/h1-9,11,13H,12H2. The zero-order valence-corrected chi connectivity index (χ0v) is 12.8. The number of hydrogen-bond donors (Lipinski definition) is 0. The van der Waals surface area contributed by atoms with Gasteiger partial charge in [0.1, 0.15) is 6.07 Å². The Morgan fingerprint density at radius 2 is 1.96 bits per heavy atom. The molecule has 0 N–H and O–H groups in total. The molecule has 3 heterocycles. The van der Waals surface area contributed by atoms with Gasteiger partial charge in [0, 0.05) is 23.3 Å². The molecule has 0 atom stereocenters. The Morgan fingerprint density at radius 3 is 2.79 bits per heavy atom. The fourth-order valence-electron chi connectivity index (χ4n) is 2.65. The number of rotatable bonds is 3. The van der Waals surface area contributed by atoms with E-state index in [4.69, 9.17) is 0 Å². The minimum atomic E-state index is 0.523. The van der Waals surface area contributed by atoms with E-state index >= 15 is 0 Å². The van der Waals surface area contributed by atoms with E-state index in [1.54, 1.807) is 12.4 Å². The lowest BCUT2D eigenvalue weighted by atomic mass is 10.1. The molecule has 0 radical (unpaired) electrons. The zero-order valence-electron chi connectivity index (χ0n) is 12.8. The fourth-order valence-corrected chi connectivity index (χ4v) is 2.65. The normalized spacial score (nSPS) is 10.6. The first-order valence-electron chi connectivity index (χ1n) is 7.56. The van der Waals surface area contributed by atoms with E-state index in [2.05, 4.69) is 33.3 Å². The van der Waals surface area contributed by atoms with Crippen LogP contribution in [0.3, 0.4) is 0 Å². The molecule has 0 spiro atoms. The van der Waals surface area contributed by atoms with Crippen molar-refractivity contribution in [3.8, 4) is 17.3 Å². The molecule has 0 aliphatic rings. The van der Waals surface area contributed by atoms with Crippen LogP contribution in [0.2, 0.25) is 0 Å². The van der Waals surface area contributed by atoms with E-state index in [0.717, 1.165) is 10.9 Å². The van der Waals surface area contributed by atoms with E-state index < -0.39 is 0 Å². The third-order valence-electron chi connectivity index (χ3n) is 3.80. The second-order valence-electron chi connectivity index (χ2n) is 5.46. The van der Waals surface area contributed by atoms with Crippen molar-refractivity contribution in [1.82, 2.24) is 19.7 Å². The second kappa shape index (κ2) is 5.94. The molecule has 0 fully saturated rings. The summed E-state index contributed by atoms with van der Waals surface area (Å²) in [5.74, 6) is 0. The van der Waals surface area contributed by atoms with Crippen molar-refractivity contribution >= 4 is 11.0 Å². The van der Waals surface area contributed by atoms with Crippen LogP contribution in [0.25, 0.3) is 22.3 Å². The summed E-state index contributed by atoms with van der Waals surface area (Å²) in [6.07, 6.45) is 5.34. The smallest absolute Gasteiger partial charge is 0.159 e. The van der Waals surface area contributed by atoms with Crippen LogP contribution in [0.5, 0.6) is 0 Å². The fraction of sp³-hybridized carbons (Fsp3) is 0.0526. The first kappa shape index (κ1) is 14.1. The predicted octanol–water partition coefficient (Wildman–Crippen LogP) is 3.41. The molecule has 24 heavy (non-hydrogen) atoms. The lowest BCUT2D eigenvalue weighted by Gasteiger charge is -2.03. The Balaban J connectivity index is 1.74. The molecule has 4 rings (SSSR count). The average molecular weight is 311 g/mol. The number of aromatic nitrogens is 4. The lowest BCUT2D eigenvalue weighted by molar-refractivity contribution is 0.687. The summed E-state index contributed by atoms with van der Waals surface area (Å²) in [5, 5.41) is 14.7. The minimum absolute atomic E-state index is 0.523. The van der Waals surface area contributed by atoms with Crippen molar-refractivity contribution in [3.63, 3.8) is 0 Å². The van der Waals surface area contributed by atoms with Gasteiger partial charge in [-0.1, -0.05) is 30.3 Å². The van der Waals surface area contributed by atoms with Crippen LogP contribution in [0.15, 0.2) is 67.1 Å². The van der Waals surface area contributed by atoms with E-state index in [1.807, 2.05) is 47.3 Å². The number of nitriles is 1. The van der Waals surface area contributed by atoms with Crippen LogP contribution in [0, 0.1) is 11.3 Å². The number of benzene rings is 1. The molecule has 0 aliphatic heterocycles. The molecule has 0 saturated carbocycles. The summed E-state index contributed by atoms with van der Waals surface area (Å²) in [7, 11) is 0. The number of nitrogens with zero attached hydrogens (tertiary/aromatic N) is 5. The predicted molar refractivity (Wildman–Crippen MR) is 91.0 cm³/mol. The number of fused-ring (bicyclic) bond motifs is 1. The van der Waals surface area contributed by atoms with Gasteiger partial charge in [-0.3, -0.25) is 4.68 Å². The van der Waals surface area contributed by atoms with Crippen LogP contribution in [0.1, 0.15) is 11.1 Å². The highest BCUT2D eigenvalue weighted by Crippen LogP contribution is 2.24. The third-order valence-corrected chi connectivity index (χ3v) is 3.80. The largest absolute Gasteiger partial charge is 0.268 e. The Hall–Kier alpha value is -3.52. The van der Waals surface area contributed by atoms with Crippen LogP contribution in [-0.4, -0.2) is 19.7 Å². The summed E-state index contributed by atoms with van der Waals surface area (Å²) in [6.45, 7) is 0.675. The lowest BCUT2D eigenvalue weighted by Crippen LogP contribution is -1.99. The molecule has 0 unspecified atom stereocenters. The molecule has 0 aliphatic carbocycles. The van der Waals surface area contributed by atoms with Gasteiger partial charge in [-0.2, -0.15) is 10.4 Å². The van der Waals surface area contributed by atoms with Crippen molar-refractivity contribution < 1.29 is 0 Å². The van der Waals surface area contributed by atoms with Gasteiger partial charge in [0.25, 0.3) is 0 Å². The average Bonchev–Trinajstić information content (AvgIpc) is 3.09. The van der Waals surface area contributed by atoms with Crippen LogP contribution < -0.4 is 0 Å². The quantitative estimate of drug-likeness (QED) is 0.581. The van der Waals surface area contributed by atoms with Gasteiger partial charge in [0.2, 0.25) is 0 Å². The van der Waals surface area contributed by atoms with Gasteiger partial charge < -0.3 is 0 Å². The number of hydrogen-bond acceptors (Lipinski definition) is 4. The van der Waals surface area contributed by atoms with Crippen molar-refractivity contribution in [3.05, 3.63) is 78.2 Å². The van der Waals surface area contributed by atoms with Crippen LogP contribution in [0.4, 0.5) is 0 Å². The summed E-state index contributed by atoms with van der Waals surface area (Å²) in [4.78, 5) is 8.82. The van der Waals surface area contributed by atoms with E-state index in [-0.39, 0.29) is 0 Å². The first-order chi connectivity index (χ1) is 11.8. The summed E-state index contributed by atoms with van der Waals surface area (Å²) < 4.78 is 1.84. The van der Waals surface area contributed by atoms with Crippen molar-refractivity contribution in [2.75, 3.05) is 0 Å². The van der Waals surface area contributed by atoms with Crippen molar-refractivity contribution in [1.29, 1.82) is 5.26 Å². The van der Waals surface area contributed by atoms with Gasteiger partial charge in [-0.25, -0.2) is 9.97 Å². The summed E-state index contributed by atoms with van der Waals surface area (Å²) in [5.41, 5.74) is 3.75. The molecular weight excluding hydrogens is 298 g/mol. The SMILES string of the molecule is N#Cc1cc2cccnc2nc1-c1cnn(Cc2ccccc2)c1. The van der Waals surface area contributed by atoms with E-state index in [9.17, 15) is 5.26 Å². The van der Waals surface area contributed by atoms with E-state index in [1.165, 1.54) is 5.56 Å². The Labute approximate surface area is 138 Å². The Kier molecular flexibility index (Phi) is 3.49.